The largest absolute Gasteiger partial charge is 0.497 e. The summed E-state index contributed by atoms with van der Waals surface area (Å²) < 4.78 is 24.0. The topological polar surface area (TPSA) is 71.3 Å². The summed E-state index contributed by atoms with van der Waals surface area (Å²) in [6, 6.07) is 12.9. The molecular weight excluding hydrogens is 311 g/mol. The van der Waals surface area contributed by atoms with Crippen molar-refractivity contribution in [2.75, 3.05) is 19.5 Å². The second-order valence-corrected chi connectivity index (χ2v) is 5.03. The van der Waals surface area contributed by atoms with Crippen molar-refractivity contribution in [3.05, 3.63) is 53.8 Å². The van der Waals surface area contributed by atoms with Crippen molar-refractivity contribution < 1.29 is 18.7 Å². The van der Waals surface area contributed by atoms with Crippen molar-refractivity contribution in [1.82, 2.24) is 0 Å². The predicted molar refractivity (Wildman–Crippen MR) is 87.4 cm³/mol. The third-order valence-corrected chi connectivity index (χ3v) is 3.52. The highest BCUT2D eigenvalue weighted by Gasteiger charge is 2.21. The van der Waals surface area contributed by atoms with Gasteiger partial charge in [-0.2, -0.15) is 5.26 Å². The van der Waals surface area contributed by atoms with Gasteiger partial charge in [-0.1, -0.05) is 18.2 Å². The molecule has 0 radical (unpaired) electrons. The highest BCUT2D eigenvalue weighted by molar-refractivity contribution is 5.94. The summed E-state index contributed by atoms with van der Waals surface area (Å²) in [4.78, 5) is 12.3. The Labute approximate surface area is 139 Å². The third-order valence-electron chi connectivity index (χ3n) is 3.52. The zero-order valence-corrected chi connectivity index (χ0v) is 13.4. The van der Waals surface area contributed by atoms with Gasteiger partial charge in [0, 0.05) is 12.5 Å². The molecule has 1 N–H and O–H groups in total. The van der Waals surface area contributed by atoms with Crippen molar-refractivity contribution in [2.45, 2.75) is 6.42 Å². The zero-order chi connectivity index (χ0) is 17.5. The van der Waals surface area contributed by atoms with Gasteiger partial charge in [0.15, 0.2) is 0 Å². The fourth-order valence-electron chi connectivity index (χ4n) is 2.22. The molecule has 0 aliphatic carbocycles. The number of carbonyl (C=O) groups excluding carboxylic acids is 1. The summed E-state index contributed by atoms with van der Waals surface area (Å²) in [5.74, 6) is -0.967. The summed E-state index contributed by atoms with van der Waals surface area (Å²) in [5.41, 5.74) is 0.734. The lowest BCUT2D eigenvalue weighted by atomic mass is 9.98. The van der Waals surface area contributed by atoms with E-state index >= 15 is 0 Å². The van der Waals surface area contributed by atoms with Gasteiger partial charge in [-0.3, -0.25) is 4.79 Å². The number of rotatable bonds is 6. The van der Waals surface area contributed by atoms with Crippen LogP contribution in [0.25, 0.3) is 0 Å². The van der Waals surface area contributed by atoms with E-state index in [9.17, 15) is 14.4 Å². The molecule has 0 heterocycles. The molecule has 5 nitrogen and oxygen atoms in total. The van der Waals surface area contributed by atoms with Crippen molar-refractivity contribution in [2.24, 2.45) is 5.92 Å². The number of nitriles is 1. The Balaban J connectivity index is 2.16. The number of nitrogens with one attached hydrogen (secondary N) is 1. The van der Waals surface area contributed by atoms with E-state index in [-0.39, 0.29) is 12.1 Å². The lowest BCUT2D eigenvalue weighted by Crippen LogP contribution is -2.24. The molecule has 2 aromatic carbocycles. The number of hydrogen-bond acceptors (Lipinski definition) is 4. The summed E-state index contributed by atoms with van der Waals surface area (Å²) in [6.07, 6.45) is 0.143. The second-order valence-electron chi connectivity index (χ2n) is 5.03. The fourth-order valence-corrected chi connectivity index (χ4v) is 2.22. The minimum absolute atomic E-state index is 0.0458. The first-order valence-corrected chi connectivity index (χ1v) is 7.25. The van der Waals surface area contributed by atoms with E-state index < -0.39 is 17.6 Å². The maximum Gasteiger partial charge on any atom is 0.242 e. The van der Waals surface area contributed by atoms with Gasteiger partial charge in [0.1, 0.15) is 23.2 Å². The van der Waals surface area contributed by atoms with Crippen LogP contribution in [0, 0.1) is 23.1 Å². The maximum atomic E-state index is 13.6. The molecule has 0 aliphatic heterocycles. The number of nitrogens with zero attached hydrogens (tertiary/aromatic N) is 1. The lowest BCUT2D eigenvalue weighted by molar-refractivity contribution is -0.118. The van der Waals surface area contributed by atoms with Gasteiger partial charge in [0.05, 0.1) is 26.0 Å². The number of carbonyl (C=O) groups is 1. The van der Waals surface area contributed by atoms with E-state index in [0.29, 0.717) is 17.1 Å². The van der Waals surface area contributed by atoms with Gasteiger partial charge in [-0.05, 0) is 23.8 Å². The molecule has 124 valence electrons. The molecule has 0 unspecified atom stereocenters. The molecule has 0 aromatic heterocycles. The highest BCUT2D eigenvalue weighted by atomic mass is 19.1. The number of ether oxygens (including phenoxy) is 2. The molecule has 0 bridgehead atoms. The smallest absolute Gasteiger partial charge is 0.242 e. The van der Waals surface area contributed by atoms with Gasteiger partial charge in [-0.25, -0.2) is 4.39 Å². The monoisotopic (exact) mass is 328 g/mol. The first-order valence-electron chi connectivity index (χ1n) is 7.25. The van der Waals surface area contributed by atoms with E-state index in [1.807, 2.05) is 6.07 Å². The minimum Gasteiger partial charge on any atom is -0.497 e. The van der Waals surface area contributed by atoms with Crippen LogP contribution in [-0.2, 0) is 11.2 Å². The Kier molecular flexibility index (Phi) is 5.74. The Morgan fingerprint density at radius 2 is 2.00 bits per heavy atom. The number of anilines is 1. The highest BCUT2D eigenvalue weighted by Crippen LogP contribution is 2.27. The Morgan fingerprint density at radius 1 is 1.25 bits per heavy atom. The van der Waals surface area contributed by atoms with E-state index in [1.54, 1.807) is 24.3 Å². The summed E-state index contributed by atoms with van der Waals surface area (Å²) in [5, 5.41) is 11.7. The van der Waals surface area contributed by atoms with Crippen LogP contribution in [0.5, 0.6) is 11.5 Å². The van der Waals surface area contributed by atoms with E-state index in [1.165, 1.54) is 32.4 Å². The molecule has 1 amide bonds. The molecule has 2 rings (SSSR count). The third kappa shape index (κ3) is 4.02. The molecule has 0 aliphatic rings. The molecule has 0 saturated heterocycles. The van der Waals surface area contributed by atoms with E-state index in [0.717, 1.165) is 0 Å². The number of amides is 1. The van der Waals surface area contributed by atoms with Crippen molar-refractivity contribution >= 4 is 11.6 Å². The number of methoxy groups -OCH3 is 2. The van der Waals surface area contributed by atoms with Crippen molar-refractivity contribution in [1.29, 1.82) is 5.26 Å². The second kappa shape index (κ2) is 7.97. The van der Waals surface area contributed by atoms with Gasteiger partial charge in [0.2, 0.25) is 5.91 Å². The van der Waals surface area contributed by atoms with Gasteiger partial charge < -0.3 is 14.8 Å². The molecular formula is C18H17FN2O3. The molecule has 0 spiro atoms. The van der Waals surface area contributed by atoms with Crippen LogP contribution >= 0.6 is 0 Å². The Morgan fingerprint density at radius 3 is 2.62 bits per heavy atom. The predicted octanol–water partition coefficient (Wildman–Crippen LogP) is 3.16. The zero-order valence-electron chi connectivity index (χ0n) is 13.4. The van der Waals surface area contributed by atoms with Crippen LogP contribution in [0.2, 0.25) is 0 Å². The average Bonchev–Trinajstić information content (AvgIpc) is 2.61. The molecule has 24 heavy (non-hydrogen) atoms. The van der Waals surface area contributed by atoms with Gasteiger partial charge in [-0.15, -0.1) is 0 Å². The van der Waals surface area contributed by atoms with Crippen LogP contribution in [0.15, 0.2) is 42.5 Å². The van der Waals surface area contributed by atoms with Crippen LogP contribution in [-0.4, -0.2) is 20.1 Å². The Hall–Kier alpha value is -3.07. The molecule has 2 aromatic rings. The number of para-hydroxylation sites is 1. The minimum atomic E-state index is -0.980. The molecule has 0 saturated carbocycles. The lowest BCUT2D eigenvalue weighted by Gasteiger charge is -2.14. The first-order chi connectivity index (χ1) is 11.6. The number of halogens is 1. The van der Waals surface area contributed by atoms with Crippen molar-refractivity contribution in [3.8, 4) is 17.6 Å². The molecule has 1 atom stereocenters. The van der Waals surface area contributed by atoms with E-state index in [2.05, 4.69) is 5.32 Å². The van der Waals surface area contributed by atoms with Gasteiger partial charge in [0.25, 0.3) is 0 Å². The molecule has 6 heteroatoms. The first kappa shape index (κ1) is 17.3. The fraction of sp³-hybridized carbons (Fsp3) is 0.222. The van der Waals surface area contributed by atoms with Crippen LogP contribution in [0.3, 0.4) is 0 Å². The summed E-state index contributed by atoms with van der Waals surface area (Å²) in [6.45, 7) is 0. The SMILES string of the molecule is COc1ccc(C[C@@H](C#N)C(=O)Nc2ccccc2F)c(OC)c1. The van der Waals surface area contributed by atoms with Crippen LogP contribution < -0.4 is 14.8 Å². The summed E-state index contributed by atoms with van der Waals surface area (Å²) in [7, 11) is 3.04. The van der Waals surface area contributed by atoms with Crippen LogP contribution in [0.4, 0.5) is 10.1 Å². The quantitative estimate of drug-likeness (QED) is 0.884. The normalized spacial score (nSPS) is 11.2. The number of benzene rings is 2. The summed E-state index contributed by atoms with van der Waals surface area (Å²) >= 11 is 0. The van der Waals surface area contributed by atoms with Crippen molar-refractivity contribution in [3.63, 3.8) is 0 Å². The standard InChI is InChI=1S/C18H17FN2O3/c1-23-14-8-7-12(17(10-14)24-2)9-13(11-20)18(22)21-16-6-4-3-5-15(16)19/h3-8,10,13H,9H2,1-2H3,(H,21,22)/t13-/m0/s1. The average molecular weight is 328 g/mol. The van der Waals surface area contributed by atoms with Crippen LogP contribution in [0.1, 0.15) is 5.56 Å². The maximum absolute atomic E-state index is 13.6. The van der Waals surface area contributed by atoms with E-state index in [4.69, 9.17) is 9.47 Å². The Bertz CT molecular complexity index is 771. The van der Waals surface area contributed by atoms with Gasteiger partial charge >= 0.3 is 0 Å². The number of hydrogen-bond donors (Lipinski definition) is 1. The molecule has 0 fully saturated rings.